The van der Waals surface area contributed by atoms with Gasteiger partial charge in [0.1, 0.15) is 5.75 Å². The number of ether oxygens (including phenoxy) is 1. The summed E-state index contributed by atoms with van der Waals surface area (Å²) in [7, 11) is 0. The summed E-state index contributed by atoms with van der Waals surface area (Å²) in [5.74, 6) is -0.478. The number of benzene rings is 3. The lowest BCUT2D eigenvalue weighted by Crippen LogP contribution is -2.21. The minimum atomic E-state index is -0.537. The van der Waals surface area contributed by atoms with Gasteiger partial charge in [-0.25, -0.2) is 4.79 Å². The first-order valence-corrected chi connectivity index (χ1v) is 9.05. The van der Waals surface area contributed by atoms with Crippen LogP contribution in [0, 0.1) is 0 Å². The number of anilines is 3. The molecule has 0 atom stereocenters. The highest BCUT2D eigenvalue weighted by molar-refractivity contribution is 6.00. The van der Waals surface area contributed by atoms with Crippen LogP contribution < -0.4 is 26.4 Å². The fraction of sp³-hybridized carbons (Fsp3) is 0.0455. The maximum absolute atomic E-state index is 12.1. The molecule has 0 aromatic heterocycles. The zero-order valence-corrected chi connectivity index (χ0v) is 15.9. The van der Waals surface area contributed by atoms with E-state index >= 15 is 0 Å². The first kappa shape index (κ1) is 20.4. The van der Waals surface area contributed by atoms with Gasteiger partial charge in [0, 0.05) is 22.6 Å². The van der Waals surface area contributed by atoms with Gasteiger partial charge in [0.2, 0.25) is 5.91 Å². The van der Waals surface area contributed by atoms with E-state index in [2.05, 4.69) is 16.0 Å². The zero-order chi connectivity index (χ0) is 21.3. The Morgan fingerprint density at radius 3 is 2.00 bits per heavy atom. The third kappa shape index (κ3) is 6.10. The molecule has 152 valence electrons. The summed E-state index contributed by atoms with van der Waals surface area (Å²) in [5, 5.41) is 8.11. The fourth-order valence-electron chi connectivity index (χ4n) is 2.55. The van der Waals surface area contributed by atoms with Crippen molar-refractivity contribution in [3.05, 3.63) is 84.4 Å². The van der Waals surface area contributed by atoms with Crippen LogP contribution in [0.4, 0.5) is 21.9 Å². The highest BCUT2D eigenvalue weighted by Crippen LogP contribution is 2.16. The van der Waals surface area contributed by atoms with Crippen molar-refractivity contribution in [2.75, 3.05) is 22.6 Å². The van der Waals surface area contributed by atoms with Crippen LogP contribution in [0.25, 0.3) is 0 Å². The van der Waals surface area contributed by atoms with E-state index in [0.717, 1.165) is 0 Å². The van der Waals surface area contributed by atoms with E-state index in [1.165, 1.54) is 12.1 Å². The lowest BCUT2D eigenvalue weighted by Gasteiger charge is -2.10. The van der Waals surface area contributed by atoms with Gasteiger partial charge >= 0.3 is 6.03 Å². The number of amides is 4. The topological polar surface area (TPSA) is 123 Å². The number of hydrogen-bond donors (Lipinski definition) is 4. The molecule has 0 fully saturated rings. The van der Waals surface area contributed by atoms with Crippen molar-refractivity contribution >= 4 is 34.9 Å². The second kappa shape index (κ2) is 9.74. The van der Waals surface area contributed by atoms with Gasteiger partial charge in [0.05, 0.1) is 0 Å². The molecule has 8 nitrogen and oxygen atoms in total. The van der Waals surface area contributed by atoms with E-state index in [-0.39, 0.29) is 12.5 Å². The van der Waals surface area contributed by atoms with Crippen LogP contribution >= 0.6 is 0 Å². The third-order valence-corrected chi connectivity index (χ3v) is 3.94. The van der Waals surface area contributed by atoms with Gasteiger partial charge in [0.25, 0.3) is 5.91 Å². The first-order valence-electron chi connectivity index (χ1n) is 9.05. The second-order valence-corrected chi connectivity index (χ2v) is 6.25. The minimum Gasteiger partial charge on any atom is -0.484 e. The van der Waals surface area contributed by atoms with Gasteiger partial charge in [-0.05, 0) is 54.6 Å². The van der Waals surface area contributed by atoms with E-state index in [0.29, 0.717) is 28.4 Å². The first-order chi connectivity index (χ1) is 14.5. The lowest BCUT2D eigenvalue weighted by molar-refractivity contribution is -0.118. The summed E-state index contributed by atoms with van der Waals surface area (Å²) in [6.45, 7) is -0.220. The van der Waals surface area contributed by atoms with E-state index in [1.807, 2.05) is 18.2 Å². The molecular weight excluding hydrogens is 384 g/mol. The fourth-order valence-corrected chi connectivity index (χ4v) is 2.55. The molecule has 0 unspecified atom stereocenters. The number of primary amides is 1. The standard InChI is InChI=1S/C22H20N4O4/c23-21(28)15-9-11-19(12-10-15)30-14-20(27)24-17-7-4-8-18(13-17)26-22(29)25-16-5-2-1-3-6-16/h1-13H,14H2,(H2,23,28)(H,24,27)(H2,25,26,29). The summed E-state index contributed by atoms with van der Waals surface area (Å²) in [5.41, 5.74) is 7.22. The molecule has 3 rings (SSSR count). The molecule has 0 aliphatic heterocycles. The quantitative estimate of drug-likeness (QED) is 0.482. The Bertz CT molecular complexity index is 1040. The van der Waals surface area contributed by atoms with Crippen molar-refractivity contribution in [2.24, 2.45) is 5.73 Å². The minimum absolute atomic E-state index is 0.220. The van der Waals surface area contributed by atoms with E-state index in [1.54, 1.807) is 48.5 Å². The van der Waals surface area contributed by atoms with Crippen molar-refractivity contribution < 1.29 is 19.1 Å². The van der Waals surface area contributed by atoms with Crippen molar-refractivity contribution in [1.82, 2.24) is 0 Å². The van der Waals surface area contributed by atoms with Gasteiger partial charge < -0.3 is 26.4 Å². The Morgan fingerprint density at radius 2 is 1.33 bits per heavy atom. The normalized spacial score (nSPS) is 10.0. The van der Waals surface area contributed by atoms with E-state index < -0.39 is 11.9 Å². The highest BCUT2D eigenvalue weighted by atomic mass is 16.5. The number of para-hydroxylation sites is 1. The Balaban J connectivity index is 1.50. The molecule has 3 aromatic carbocycles. The lowest BCUT2D eigenvalue weighted by atomic mass is 10.2. The Kier molecular flexibility index (Phi) is 6.63. The van der Waals surface area contributed by atoms with Crippen molar-refractivity contribution in [3.63, 3.8) is 0 Å². The van der Waals surface area contributed by atoms with Crippen LogP contribution in [0.1, 0.15) is 10.4 Å². The Labute approximate surface area is 173 Å². The van der Waals surface area contributed by atoms with Crippen LogP contribution in [-0.4, -0.2) is 24.5 Å². The number of carbonyl (C=O) groups excluding carboxylic acids is 3. The summed E-state index contributed by atoms with van der Waals surface area (Å²) in [6.07, 6.45) is 0. The van der Waals surface area contributed by atoms with Gasteiger partial charge in [0.15, 0.2) is 6.61 Å². The highest BCUT2D eigenvalue weighted by Gasteiger charge is 2.07. The molecule has 3 aromatic rings. The third-order valence-electron chi connectivity index (χ3n) is 3.94. The number of urea groups is 1. The van der Waals surface area contributed by atoms with Crippen molar-refractivity contribution in [2.45, 2.75) is 0 Å². The Hall–Kier alpha value is -4.33. The summed E-state index contributed by atoms with van der Waals surface area (Å²) in [6, 6.07) is 21.5. The number of rotatable bonds is 7. The van der Waals surface area contributed by atoms with Gasteiger partial charge in [-0.3, -0.25) is 9.59 Å². The summed E-state index contributed by atoms with van der Waals surface area (Å²) >= 11 is 0. The van der Waals surface area contributed by atoms with Crippen molar-refractivity contribution in [3.8, 4) is 5.75 Å². The van der Waals surface area contributed by atoms with Gasteiger partial charge in [-0.15, -0.1) is 0 Å². The van der Waals surface area contributed by atoms with E-state index in [9.17, 15) is 14.4 Å². The van der Waals surface area contributed by atoms with Crippen LogP contribution in [0.3, 0.4) is 0 Å². The average molecular weight is 404 g/mol. The molecule has 0 aliphatic carbocycles. The predicted molar refractivity (Wildman–Crippen MR) is 115 cm³/mol. The van der Waals surface area contributed by atoms with Crippen LogP contribution in [0.15, 0.2) is 78.9 Å². The maximum Gasteiger partial charge on any atom is 0.323 e. The summed E-state index contributed by atoms with van der Waals surface area (Å²) < 4.78 is 5.39. The molecule has 5 N–H and O–H groups in total. The van der Waals surface area contributed by atoms with Crippen LogP contribution in [0.2, 0.25) is 0 Å². The number of nitrogens with one attached hydrogen (secondary N) is 3. The second-order valence-electron chi connectivity index (χ2n) is 6.25. The molecule has 0 bridgehead atoms. The number of hydrogen-bond acceptors (Lipinski definition) is 4. The predicted octanol–water partition coefficient (Wildman–Crippen LogP) is 3.45. The molecule has 4 amide bonds. The van der Waals surface area contributed by atoms with Crippen molar-refractivity contribution in [1.29, 1.82) is 0 Å². The Morgan fingerprint density at radius 1 is 0.733 bits per heavy atom. The largest absolute Gasteiger partial charge is 0.484 e. The number of nitrogens with two attached hydrogens (primary N) is 1. The molecule has 0 aliphatic rings. The summed E-state index contributed by atoms with van der Waals surface area (Å²) in [4.78, 5) is 35.3. The molecular formula is C22H20N4O4. The van der Waals surface area contributed by atoms with Crippen LogP contribution in [0.5, 0.6) is 5.75 Å². The molecule has 0 saturated heterocycles. The molecule has 0 radical (unpaired) electrons. The SMILES string of the molecule is NC(=O)c1ccc(OCC(=O)Nc2cccc(NC(=O)Nc3ccccc3)c2)cc1. The van der Waals surface area contributed by atoms with Gasteiger partial charge in [-0.2, -0.15) is 0 Å². The van der Waals surface area contributed by atoms with Gasteiger partial charge in [-0.1, -0.05) is 24.3 Å². The molecule has 8 heteroatoms. The monoisotopic (exact) mass is 404 g/mol. The van der Waals surface area contributed by atoms with E-state index in [4.69, 9.17) is 10.5 Å². The number of carbonyl (C=O) groups is 3. The maximum atomic E-state index is 12.1. The zero-order valence-electron chi connectivity index (χ0n) is 15.9. The molecule has 0 heterocycles. The van der Waals surface area contributed by atoms with Crippen LogP contribution in [-0.2, 0) is 4.79 Å². The molecule has 0 saturated carbocycles. The average Bonchev–Trinajstić information content (AvgIpc) is 2.73. The molecule has 30 heavy (non-hydrogen) atoms. The smallest absolute Gasteiger partial charge is 0.323 e. The molecule has 0 spiro atoms.